The summed E-state index contributed by atoms with van der Waals surface area (Å²) in [6.45, 7) is 12.7. The molecule has 1 aromatic rings. The molecule has 0 saturated heterocycles. The third kappa shape index (κ3) is 4.72. The highest BCUT2D eigenvalue weighted by Gasteiger charge is 2.16. The maximum atomic E-state index is 10.5. The molecule has 0 bridgehead atoms. The molecule has 0 spiro atoms. The van der Waals surface area contributed by atoms with Crippen LogP contribution in [0.1, 0.15) is 26.3 Å². The van der Waals surface area contributed by atoms with E-state index in [-0.39, 0.29) is 6.10 Å². The van der Waals surface area contributed by atoms with Gasteiger partial charge >= 0.3 is 0 Å². The van der Waals surface area contributed by atoms with E-state index in [1.807, 2.05) is 0 Å². The van der Waals surface area contributed by atoms with Gasteiger partial charge in [0, 0.05) is 18.7 Å². The third-order valence-electron chi connectivity index (χ3n) is 5.06. The number of likely N-dealkylation sites (N-methyl/N-ethyl adjacent to an activating group) is 2. The van der Waals surface area contributed by atoms with Gasteiger partial charge in [0.15, 0.2) is 6.54 Å². The van der Waals surface area contributed by atoms with E-state index in [0.29, 0.717) is 13.1 Å². The summed E-state index contributed by atoms with van der Waals surface area (Å²) < 4.78 is 3.46. The lowest BCUT2D eigenvalue weighted by atomic mass is 10.2. The molecule has 27 heavy (non-hydrogen) atoms. The summed E-state index contributed by atoms with van der Waals surface area (Å²) in [5.41, 5.74) is 3.33. The lowest BCUT2D eigenvalue weighted by Gasteiger charge is -2.20. The fraction of sp³-hybridized carbons (Fsp3) is 0.455. The largest absolute Gasteiger partial charge is 0.385 e. The molecule has 144 valence electrons. The summed E-state index contributed by atoms with van der Waals surface area (Å²) in [4.78, 5) is 8.25. The Bertz CT molecular complexity index is 946. The smallest absolute Gasteiger partial charge is 0.201 e. The van der Waals surface area contributed by atoms with Crippen molar-refractivity contribution < 1.29 is 5.11 Å². The van der Waals surface area contributed by atoms with Crippen LogP contribution in [0.2, 0.25) is 0 Å². The minimum absolute atomic E-state index is 0.360. The first kappa shape index (κ1) is 19.9. The number of aliphatic hydroxyl groups excluding tert-OH is 1. The van der Waals surface area contributed by atoms with E-state index in [9.17, 15) is 5.11 Å². The summed E-state index contributed by atoms with van der Waals surface area (Å²) in [7, 11) is 0. The quantitative estimate of drug-likeness (QED) is 0.502. The molecule has 1 N–H and O–H groups in total. The zero-order valence-corrected chi connectivity index (χ0v) is 17.6. The fourth-order valence-corrected chi connectivity index (χ4v) is 4.52. The maximum Gasteiger partial charge on any atom is 0.201 e. The number of benzene rings is 2. The molecule has 3 rings (SSSR count). The Labute approximate surface area is 165 Å². The Morgan fingerprint density at radius 2 is 1.89 bits per heavy atom. The van der Waals surface area contributed by atoms with Gasteiger partial charge in [-0.2, -0.15) is 0 Å². The van der Waals surface area contributed by atoms with Gasteiger partial charge in [-0.1, -0.05) is 19.9 Å². The van der Waals surface area contributed by atoms with Crippen molar-refractivity contribution in [3.63, 3.8) is 0 Å². The van der Waals surface area contributed by atoms with Crippen LogP contribution in [0.4, 0.5) is 0 Å². The molecule has 2 aliphatic rings. The van der Waals surface area contributed by atoms with E-state index in [0.717, 1.165) is 36.2 Å². The van der Waals surface area contributed by atoms with Gasteiger partial charge in [-0.05, 0) is 50.7 Å². The van der Waals surface area contributed by atoms with E-state index < -0.39 is 0 Å². The van der Waals surface area contributed by atoms with Crippen LogP contribution in [-0.2, 0) is 0 Å². The van der Waals surface area contributed by atoms with Gasteiger partial charge in [-0.25, -0.2) is 9.56 Å². The van der Waals surface area contributed by atoms with Crippen molar-refractivity contribution >= 4 is 21.6 Å². The monoisotopic (exact) mass is 384 g/mol. The van der Waals surface area contributed by atoms with Crippen LogP contribution >= 0.6 is 11.3 Å². The zero-order valence-electron chi connectivity index (χ0n) is 16.8. The van der Waals surface area contributed by atoms with Gasteiger partial charge in [0.2, 0.25) is 5.36 Å². The Morgan fingerprint density at radius 3 is 2.59 bits per heavy atom. The molecule has 0 radical (unpaired) electrons. The molecule has 1 atom stereocenters. The molecule has 1 aliphatic carbocycles. The molecular weight excluding hydrogens is 354 g/mol. The van der Waals surface area contributed by atoms with Crippen LogP contribution in [-0.4, -0.2) is 53.8 Å². The molecule has 1 heterocycles. The highest BCUT2D eigenvalue weighted by atomic mass is 32.1. The summed E-state index contributed by atoms with van der Waals surface area (Å²) in [6, 6.07) is 12.8. The van der Waals surface area contributed by atoms with Crippen LogP contribution in [0.5, 0.6) is 0 Å². The van der Waals surface area contributed by atoms with E-state index >= 15 is 0 Å². The first-order chi connectivity index (χ1) is 13.0. The average molecular weight is 385 g/mol. The molecule has 5 heteroatoms. The van der Waals surface area contributed by atoms with Gasteiger partial charge in [0.05, 0.1) is 20.8 Å². The minimum Gasteiger partial charge on any atom is -0.385 e. The number of hydrogen-bond donors (Lipinski definition) is 1. The molecule has 1 aromatic carbocycles. The van der Waals surface area contributed by atoms with Crippen molar-refractivity contribution in [2.24, 2.45) is 0 Å². The van der Waals surface area contributed by atoms with Gasteiger partial charge in [-0.3, -0.25) is 0 Å². The van der Waals surface area contributed by atoms with Gasteiger partial charge in [0.1, 0.15) is 12.6 Å². The summed E-state index contributed by atoms with van der Waals surface area (Å²) in [5.74, 6) is 0. The number of rotatable bonds is 7. The first-order valence-corrected chi connectivity index (χ1v) is 10.6. The molecule has 0 fully saturated rings. The van der Waals surface area contributed by atoms with E-state index in [1.165, 1.54) is 15.1 Å². The maximum absolute atomic E-state index is 10.5. The summed E-state index contributed by atoms with van der Waals surface area (Å²) in [5, 5.41) is 11.7. The molecule has 1 unspecified atom stereocenters. The van der Waals surface area contributed by atoms with E-state index in [4.69, 9.17) is 4.98 Å². The lowest BCUT2D eigenvalue weighted by molar-refractivity contribution is 0.112. The second-order valence-corrected chi connectivity index (χ2v) is 8.10. The number of hydrogen-bond acceptors (Lipinski definition) is 4. The van der Waals surface area contributed by atoms with Crippen molar-refractivity contribution in [1.82, 2.24) is 14.5 Å². The van der Waals surface area contributed by atoms with E-state index in [2.05, 4.69) is 73.6 Å². The molecular formula is C22H30N3OS+. The highest BCUT2D eigenvalue weighted by molar-refractivity contribution is 7.21. The summed E-state index contributed by atoms with van der Waals surface area (Å²) in [6.07, 6.45) is -0.360. The minimum atomic E-state index is -0.360. The second-order valence-electron chi connectivity index (χ2n) is 7.02. The number of aliphatic hydroxyl groups is 1. The normalized spacial score (nSPS) is 14.1. The van der Waals surface area contributed by atoms with Crippen molar-refractivity contribution in [2.75, 3.05) is 32.7 Å². The van der Waals surface area contributed by atoms with Gasteiger partial charge in [-0.15, -0.1) is 11.3 Å². The zero-order chi connectivity index (χ0) is 19.4. The molecule has 0 amide bonds. The van der Waals surface area contributed by atoms with Crippen molar-refractivity contribution in [3.05, 3.63) is 47.3 Å². The Kier molecular flexibility index (Phi) is 6.58. The average Bonchev–Trinajstić information content (AvgIpc) is 2.68. The van der Waals surface area contributed by atoms with Crippen molar-refractivity contribution in [2.45, 2.75) is 33.8 Å². The topological polar surface area (TPSA) is 39.4 Å². The van der Waals surface area contributed by atoms with Crippen LogP contribution < -0.4 is 9.93 Å². The Balaban J connectivity index is 1.97. The number of aryl methyl sites for hydroxylation is 1. The second kappa shape index (κ2) is 8.91. The van der Waals surface area contributed by atoms with Crippen molar-refractivity contribution in [3.8, 4) is 10.6 Å². The predicted molar refractivity (Wildman–Crippen MR) is 115 cm³/mol. The standard InChI is InChI=1S/C22H30N3OS/c1-5-24(6-2)14-18(26)15-25(7-3)17-9-11-20-22(13-17)27-21-12-16(4)8-10-19(21)23-20/h8-13,18,26H,5-7,14-15H2,1-4H3/q+1. The van der Waals surface area contributed by atoms with E-state index in [1.54, 1.807) is 11.3 Å². The van der Waals surface area contributed by atoms with Crippen LogP contribution in [0.3, 0.4) is 0 Å². The SMILES string of the molecule is CCN(CC)CC(O)C[N+](CC)=c1ccc2nc3ccc(C)cc3sc-2c1. The van der Waals surface area contributed by atoms with Crippen LogP contribution in [0, 0.1) is 6.92 Å². The van der Waals surface area contributed by atoms with Crippen LogP contribution in [0.15, 0.2) is 36.4 Å². The first-order valence-electron chi connectivity index (χ1n) is 9.83. The van der Waals surface area contributed by atoms with Crippen molar-refractivity contribution in [1.29, 1.82) is 0 Å². The summed E-state index contributed by atoms with van der Waals surface area (Å²) >= 11 is 1.78. The van der Waals surface area contributed by atoms with Gasteiger partial charge < -0.3 is 10.0 Å². The molecule has 0 aromatic heterocycles. The number of fused-ring (bicyclic) bond motifs is 2. The Morgan fingerprint density at radius 1 is 1.11 bits per heavy atom. The molecule has 4 nitrogen and oxygen atoms in total. The number of aromatic nitrogens is 1. The number of nitrogens with zero attached hydrogens (tertiary/aromatic N) is 3. The highest BCUT2D eigenvalue weighted by Crippen LogP contribution is 2.29. The fourth-order valence-electron chi connectivity index (χ4n) is 3.43. The lowest BCUT2D eigenvalue weighted by Crippen LogP contribution is -2.42. The van der Waals surface area contributed by atoms with Crippen LogP contribution in [0.25, 0.3) is 20.8 Å². The van der Waals surface area contributed by atoms with Gasteiger partial charge in [0.25, 0.3) is 0 Å². The molecule has 1 aliphatic heterocycles. The Hall–Kier alpha value is -1.82. The third-order valence-corrected chi connectivity index (χ3v) is 6.15. The molecule has 0 saturated carbocycles. The predicted octanol–water partition coefficient (Wildman–Crippen LogP) is 3.20.